The summed E-state index contributed by atoms with van der Waals surface area (Å²) in [5, 5.41) is 0. The number of fused-ring (bicyclic) bond motifs is 5. The lowest BCUT2D eigenvalue weighted by Gasteiger charge is -2.60. The van der Waals surface area contributed by atoms with Crippen LogP contribution in [0.5, 0.6) is 0 Å². The molecule has 0 saturated heterocycles. The molecule has 30 heavy (non-hydrogen) atoms. The SMILES string of the molecule is CC.CC.COC(=O)CCCC1CCC2C3CCC4CCCCC4(C)C3CC[C@]12C. The first-order valence-corrected chi connectivity index (χ1v) is 13.6. The molecule has 4 aliphatic rings. The molecule has 6 unspecified atom stereocenters. The Morgan fingerprint density at radius 2 is 1.53 bits per heavy atom. The van der Waals surface area contributed by atoms with Gasteiger partial charge in [-0.1, -0.05) is 54.4 Å². The van der Waals surface area contributed by atoms with E-state index in [1.54, 1.807) is 0 Å². The molecule has 0 heterocycles. The van der Waals surface area contributed by atoms with Gasteiger partial charge >= 0.3 is 5.97 Å². The molecule has 0 spiro atoms. The maximum absolute atomic E-state index is 11.5. The van der Waals surface area contributed by atoms with Crippen LogP contribution in [0.15, 0.2) is 0 Å². The van der Waals surface area contributed by atoms with E-state index in [1.807, 2.05) is 27.7 Å². The molecule has 4 fully saturated rings. The van der Waals surface area contributed by atoms with Crippen molar-refractivity contribution in [2.45, 2.75) is 125 Å². The number of hydrogen-bond donors (Lipinski definition) is 0. The third kappa shape index (κ3) is 4.78. The number of methoxy groups -OCH3 is 1. The summed E-state index contributed by atoms with van der Waals surface area (Å²) < 4.78 is 4.84. The van der Waals surface area contributed by atoms with Crippen molar-refractivity contribution in [3.63, 3.8) is 0 Å². The van der Waals surface area contributed by atoms with Gasteiger partial charge in [0.1, 0.15) is 0 Å². The highest BCUT2D eigenvalue weighted by molar-refractivity contribution is 5.68. The Kier molecular flexibility index (Phi) is 9.75. The molecular weight excluding hydrogens is 368 g/mol. The highest BCUT2D eigenvalue weighted by atomic mass is 16.5. The van der Waals surface area contributed by atoms with Crippen molar-refractivity contribution in [3.05, 3.63) is 0 Å². The Morgan fingerprint density at radius 3 is 2.23 bits per heavy atom. The van der Waals surface area contributed by atoms with Gasteiger partial charge in [-0.3, -0.25) is 4.79 Å². The molecule has 0 aliphatic heterocycles. The van der Waals surface area contributed by atoms with E-state index in [2.05, 4.69) is 13.8 Å². The van der Waals surface area contributed by atoms with Gasteiger partial charge in [0.05, 0.1) is 7.11 Å². The van der Waals surface area contributed by atoms with Gasteiger partial charge in [-0.2, -0.15) is 0 Å². The summed E-state index contributed by atoms with van der Waals surface area (Å²) in [5.74, 6) is 4.81. The summed E-state index contributed by atoms with van der Waals surface area (Å²) in [4.78, 5) is 11.5. The Bertz CT molecular complexity index is 529. The first-order chi connectivity index (χ1) is 14.5. The van der Waals surface area contributed by atoms with Crippen molar-refractivity contribution in [2.75, 3.05) is 7.11 Å². The monoisotopic (exact) mass is 420 g/mol. The highest BCUT2D eigenvalue weighted by Gasteiger charge is 2.59. The number of rotatable bonds is 4. The molecule has 0 N–H and O–H groups in total. The average Bonchev–Trinajstić information content (AvgIpc) is 3.12. The zero-order chi connectivity index (χ0) is 22.4. The van der Waals surface area contributed by atoms with Crippen LogP contribution in [-0.2, 0) is 9.53 Å². The van der Waals surface area contributed by atoms with Gasteiger partial charge in [0.25, 0.3) is 0 Å². The second kappa shape index (κ2) is 11.4. The first kappa shape index (κ1) is 25.7. The van der Waals surface area contributed by atoms with Crippen molar-refractivity contribution in [1.29, 1.82) is 0 Å². The van der Waals surface area contributed by atoms with Crippen LogP contribution in [0.2, 0.25) is 0 Å². The summed E-state index contributed by atoms with van der Waals surface area (Å²) in [6.45, 7) is 13.3. The summed E-state index contributed by atoms with van der Waals surface area (Å²) in [7, 11) is 1.51. The number of esters is 1. The minimum absolute atomic E-state index is 0.0306. The van der Waals surface area contributed by atoms with Crippen molar-refractivity contribution in [3.8, 4) is 0 Å². The van der Waals surface area contributed by atoms with Crippen molar-refractivity contribution in [2.24, 2.45) is 40.4 Å². The van der Waals surface area contributed by atoms with Crippen molar-refractivity contribution < 1.29 is 9.53 Å². The second-order valence-corrected chi connectivity index (χ2v) is 10.7. The van der Waals surface area contributed by atoms with E-state index >= 15 is 0 Å². The average molecular weight is 421 g/mol. The lowest BCUT2D eigenvalue weighted by molar-refractivity contribution is -0.140. The molecule has 4 aliphatic carbocycles. The number of carbonyl (C=O) groups excluding carboxylic acids is 1. The standard InChI is InChI=1S/C24H40O2.2C2H6/c1-23-15-5-4-7-17(23)10-12-19-20-13-11-18(8-6-9-22(25)26-3)24(20,2)16-14-21(19)23;2*1-2/h17-21H,4-16H2,1-3H3;2*1-2H3/t17?,18?,19?,20?,21?,23?,24-;;/m1../s1. The van der Waals surface area contributed by atoms with Gasteiger partial charge in [0.15, 0.2) is 0 Å². The van der Waals surface area contributed by atoms with Crippen LogP contribution in [0.3, 0.4) is 0 Å². The van der Waals surface area contributed by atoms with Crippen LogP contribution in [-0.4, -0.2) is 13.1 Å². The predicted molar refractivity (Wildman–Crippen MR) is 128 cm³/mol. The molecule has 0 aromatic heterocycles. The molecular formula is C28H52O2. The molecule has 2 nitrogen and oxygen atoms in total. The van der Waals surface area contributed by atoms with Crippen LogP contribution in [0.4, 0.5) is 0 Å². The van der Waals surface area contributed by atoms with Gasteiger partial charge in [0.2, 0.25) is 0 Å². The Morgan fingerprint density at radius 1 is 0.833 bits per heavy atom. The fraction of sp³-hybridized carbons (Fsp3) is 0.964. The van der Waals surface area contributed by atoms with E-state index in [0.29, 0.717) is 17.3 Å². The van der Waals surface area contributed by atoms with E-state index in [-0.39, 0.29) is 5.97 Å². The Balaban J connectivity index is 0.000000757. The Hall–Kier alpha value is -0.530. The molecule has 7 atom stereocenters. The van der Waals surface area contributed by atoms with Crippen LogP contribution < -0.4 is 0 Å². The molecule has 4 saturated carbocycles. The second-order valence-electron chi connectivity index (χ2n) is 10.7. The maximum Gasteiger partial charge on any atom is 0.305 e. The van der Waals surface area contributed by atoms with E-state index in [9.17, 15) is 4.79 Å². The minimum atomic E-state index is -0.0306. The third-order valence-electron chi connectivity index (χ3n) is 9.94. The summed E-state index contributed by atoms with van der Waals surface area (Å²) >= 11 is 0. The van der Waals surface area contributed by atoms with Gasteiger partial charge in [0, 0.05) is 6.42 Å². The molecule has 0 aromatic carbocycles. The smallest absolute Gasteiger partial charge is 0.305 e. The predicted octanol–water partition coefficient (Wildman–Crippen LogP) is 8.43. The minimum Gasteiger partial charge on any atom is -0.469 e. The zero-order valence-electron chi connectivity index (χ0n) is 21.4. The normalized spacial score (nSPS) is 41.6. The van der Waals surface area contributed by atoms with Crippen molar-refractivity contribution >= 4 is 5.97 Å². The summed E-state index contributed by atoms with van der Waals surface area (Å²) in [5.41, 5.74) is 1.21. The van der Waals surface area contributed by atoms with Gasteiger partial charge < -0.3 is 4.74 Å². The van der Waals surface area contributed by atoms with Crippen LogP contribution >= 0.6 is 0 Å². The van der Waals surface area contributed by atoms with E-state index in [4.69, 9.17) is 4.74 Å². The molecule has 0 amide bonds. The number of ether oxygens (including phenoxy) is 1. The lowest BCUT2D eigenvalue weighted by atomic mass is 9.45. The maximum atomic E-state index is 11.5. The summed E-state index contributed by atoms with van der Waals surface area (Å²) in [6.07, 6.45) is 17.7. The molecule has 2 heteroatoms. The fourth-order valence-corrected chi connectivity index (χ4v) is 8.47. The van der Waals surface area contributed by atoms with Gasteiger partial charge in [-0.15, -0.1) is 0 Å². The first-order valence-electron chi connectivity index (χ1n) is 13.6. The quantitative estimate of drug-likeness (QED) is 0.426. The topological polar surface area (TPSA) is 26.3 Å². The molecule has 4 rings (SSSR count). The molecule has 0 bridgehead atoms. The lowest BCUT2D eigenvalue weighted by Crippen LogP contribution is -2.52. The zero-order valence-corrected chi connectivity index (χ0v) is 21.4. The number of hydrogen-bond acceptors (Lipinski definition) is 2. The Labute approximate surface area is 188 Å². The number of carbonyl (C=O) groups is 1. The highest BCUT2D eigenvalue weighted by Crippen LogP contribution is 2.67. The van der Waals surface area contributed by atoms with E-state index < -0.39 is 0 Å². The molecule has 0 radical (unpaired) electrons. The van der Waals surface area contributed by atoms with Crippen LogP contribution in [0, 0.1) is 40.4 Å². The van der Waals surface area contributed by atoms with Crippen LogP contribution in [0.25, 0.3) is 0 Å². The van der Waals surface area contributed by atoms with E-state index in [1.165, 1.54) is 77.7 Å². The van der Waals surface area contributed by atoms with Crippen LogP contribution in [0.1, 0.15) is 125 Å². The third-order valence-corrected chi connectivity index (χ3v) is 9.94. The van der Waals surface area contributed by atoms with Gasteiger partial charge in [-0.05, 0) is 105 Å². The van der Waals surface area contributed by atoms with Crippen molar-refractivity contribution in [1.82, 2.24) is 0 Å². The molecule has 176 valence electrons. The van der Waals surface area contributed by atoms with Gasteiger partial charge in [-0.25, -0.2) is 0 Å². The van der Waals surface area contributed by atoms with E-state index in [0.717, 1.165) is 36.0 Å². The fourth-order valence-electron chi connectivity index (χ4n) is 8.47. The largest absolute Gasteiger partial charge is 0.469 e. The molecule has 0 aromatic rings. The summed E-state index contributed by atoms with van der Waals surface area (Å²) in [6, 6.07) is 0.